The van der Waals surface area contributed by atoms with Gasteiger partial charge in [-0.3, -0.25) is 4.79 Å². The summed E-state index contributed by atoms with van der Waals surface area (Å²) in [6.45, 7) is 6.10. The van der Waals surface area contributed by atoms with E-state index >= 15 is 0 Å². The van der Waals surface area contributed by atoms with Gasteiger partial charge in [-0.05, 0) is 35.6 Å². The SMILES string of the molecule is Cc1ccc(-c2nnco2)cc1NC(=O)CC(C)(C)c1ccccc1. The molecule has 0 saturated carbocycles. The Labute approximate surface area is 147 Å². The Hall–Kier alpha value is -2.95. The Morgan fingerprint density at radius 1 is 1.16 bits per heavy atom. The number of aryl methyl sites for hydroxylation is 1. The number of nitrogens with one attached hydrogen (secondary N) is 1. The van der Waals surface area contributed by atoms with E-state index < -0.39 is 0 Å². The topological polar surface area (TPSA) is 68.0 Å². The zero-order valence-electron chi connectivity index (χ0n) is 14.6. The standard InChI is InChI=1S/C20H21N3O2/c1-14-9-10-15(19-23-21-13-25-19)11-17(14)22-18(24)12-20(2,3)16-7-5-4-6-8-16/h4-11,13H,12H2,1-3H3,(H,22,24). The molecule has 3 aromatic rings. The molecule has 0 aliphatic rings. The predicted molar refractivity (Wildman–Crippen MR) is 97.2 cm³/mol. The first-order valence-electron chi connectivity index (χ1n) is 8.18. The lowest BCUT2D eigenvalue weighted by Gasteiger charge is -2.24. The minimum atomic E-state index is -0.247. The van der Waals surface area contributed by atoms with Crippen molar-refractivity contribution in [1.82, 2.24) is 10.2 Å². The first-order valence-corrected chi connectivity index (χ1v) is 8.18. The molecule has 0 aliphatic heterocycles. The summed E-state index contributed by atoms with van der Waals surface area (Å²) >= 11 is 0. The molecule has 0 aliphatic carbocycles. The summed E-state index contributed by atoms with van der Waals surface area (Å²) < 4.78 is 5.22. The molecule has 0 fully saturated rings. The zero-order chi connectivity index (χ0) is 17.9. The van der Waals surface area contributed by atoms with Gasteiger partial charge in [0.25, 0.3) is 0 Å². The second-order valence-electron chi connectivity index (χ2n) is 6.75. The molecule has 0 spiro atoms. The highest BCUT2D eigenvalue weighted by Gasteiger charge is 2.24. The molecular weight excluding hydrogens is 314 g/mol. The fraction of sp³-hybridized carbons (Fsp3) is 0.250. The lowest BCUT2D eigenvalue weighted by Crippen LogP contribution is -2.26. The van der Waals surface area contributed by atoms with Gasteiger partial charge in [0.1, 0.15) is 0 Å². The maximum Gasteiger partial charge on any atom is 0.247 e. The Balaban J connectivity index is 1.76. The van der Waals surface area contributed by atoms with Crippen LogP contribution >= 0.6 is 0 Å². The van der Waals surface area contributed by atoms with Gasteiger partial charge in [0.05, 0.1) is 0 Å². The number of carbonyl (C=O) groups is 1. The zero-order valence-corrected chi connectivity index (χ0v) is 14.6. The van der Waals surface area contributed by atoms with Gasteiger partial charge >= 0.3 is 0 Å². The molecule has 2 aromatic carbocycles. The molecular formula is C20H21N3O2. The molecule has 1 aromatic heterocycles. The normalized spacial score (nSPS) is 11.3. The van der Waals surface area contributed by atoms with E-state index in [1.165, 1.54) is 6.39 Å². The van der Waals surface area contributed by atoms with E-state index in [-0.39, 0.29) is 11.3 Å². The van der Waals surface area contributed by atoms with Crippen LogP contribution in [0.3, 0.4) is 0 Å². The van der Waals surface area contributed by atoms with Crippen LogP contribution in [0.25, 0.3) is 11.5 Å². The molecule has 1 heterocycles. The van der Waals surface area contributed by atoms with E-state index in [1.54, 1.807) is 0 Å². The van der Waals surface area contributed by atoms with Gasteiger partial charge in [-0.2, -0.15) is 0 Å². The maximum atomic E-state index is 12.6. The van der Waals surface area contributed by atoms with E-state index in [4.69, 9.17) is 4.42 Å². The molecule has 5 heteroatoms. The third-order valence-corrected chi connectivity index (χ3v) is 4.28. The number of hydrogen-bond donors (Lipinski definition) is 1. The average Bonchev–Trinajstić information content (AvgIpc) is 3.12. The van der Waals surface area contributed by atoms with Crippen molar-refractivity contribution in [3.8, 4) is 11.5 Å². The van der Waals surface area contributed by atoms with Crippen molar-refractivity contribution in [3.63, 3.8) is 0 Å². The average molecular weight is 335 g/mol. The fourth-order valence-electron chi connectivity index (χ4n) is 2.78. The Morgan fingerprint density at radius 3 is 2.60 bits per heavy atom. The minimum Gasteiger partial charge on any atom is -0.423 e. The first-order chi connectivity index (χ1) is 12.0. The first kappa shape index (κ1) is 16.9. The van der Waals surface area contributed by atoms with Gasteiger partial charge in [0.2, 0.25) is 18.2 Å². The smallest absolute Gasteiger partial charge is 0.247 e. The molecule has 0 radical (unpaired) electrons. The lowest BCUT2D eigenvalue weighted by atomic mass is 9.81. The van der Waals surface area contributed by atoms with Crippen molar-refractivity contribution in [2.75, 3.05) is 5.32 Å². The number of rotatable bonds is 5. The third-order valence-electron chi connectivity index (χ3n) is 4.28. The van der Waals surface area contributed by atoms with E-state index in [0.717, 1.165) is 22.4 Å². The van der Waals surface area contributed by atoms with Gasteiger partial charge in [-0.1, -0.05) is 50.2 Å². The lowest BCUT2D eigenvalue weighted by molar-refractivity contribution is -0.117. The van der Waals surface area contributed by atoms with E-state index in [0.29, 0.717) is 12.3 Å². The van der Waals surface area contributed by atoms with Crippen molar-refractivity contribution in [3.05, 3.63) is 66.1 Å². The van der Waals surface area contributed by atoms with Gasteiger partial charge in [0, 0.05) is 17.7 Å². The van der Waals surface area contributed by atoms with Crippen LogP contribution in [0.4, 0.5) is 5.69 Å². The Morgan fingerprint density at radius 2 is 1.92 bits per heavy atom. The largest absolute Gasteiger partial charge is 0.423 e. The summed E-state index contributed by atoms with van der Waals surface area (Å²) in [6, 6.07) is 15.7. The van der Waals surface area contributed by atoms with Crippen molar-refractivity contribution in [2.24, 2.45) is 0 Å². The Kier molecular flexibility index (Phi) is 4.65. The molecule has 5 nitrogen and oxygen atoms in total. The van der Waals surface area contributed by atoms with Crippen LogP contribution in [0.15, 0.2) is 59.3 Å². The molecule has 3 rings (SSSR count). The van der Waals surface area contributed by atoms with Crippen LogP contribution in [0.2, 0.25) is 0 Å². The number of amides is 1. The van der Waals surface area contributed by atoms with E-state index in [2.05, 4.69) is 41.5 Å². The maximum absolute atomic E-state index is 12.6. The highest BCUT2D eigenvalue weighted by atomic mass is 16.4. The van der Waals surface area contributed by atoms with E-state index in [9.17, 15) is 4.79 Å². The number of aromatic nitrogens is 2. The summed E-state index contributed by atoms with van der Waals surface area (Å²) in [5, 5.41) is 10.6. The number of benzene rings is 2. The van der Waals surface area contributed by atoms with Crippen molar-refractivity contribution in [2.45, 2.75) is 32.6 Å². The van der Waals surface area contributed by atoms with Crippen LogP contribution < -0.4 is 5.32 Å². The number of anilines is 1. The monoisotopic (exact) mass is 335 g/mol. The predicted octanol–water partition coefficient (Wildman–Crippen LogP) is 4.35. The second-order valence-corrected chi connectivity index (χ2v) is 6.75. The van der Waals surface area contributed by atoms with Crippen molar-refractivity contribution < 1.29 is 9.21 Å². The fourth-order valence-corrected chi connectivity index (χ4v) is 2.78. The van der Waals surface area contributed by atoms with Crippen LogP contribution in [-0.2, 0) is 10.2 Å². The van der Waals surface area contributed by atoms with Crippen LogP contribution in [0.5, 0.6) is 0 Å². The minimum absolute atomic E-state index is 0.0281. The molecule has 1 N–H and O–H groups in total. The molecule has 0 unspecified atom stereocenters. The van der Waals surface area contributed by atoms with Crippen molar-refractivity contribution >= 4 is 11.6 Å². The molecule has 128 valence electrons. The van der Waals surface area contributed by atoms with Crippen LogP contribution in [-0.4, -0.2) is 16.1 Å². The summed E-state index contributed by atoms with van der Waals surface area (Å²) in [5.74, 6) is 0.403. The van der Waals surface area contributed by atoms with Gasteiger partial charge < -0.3 is 9.73 Å². The summed E-state index contributed by atoms with van der Waals surface area (Å²) in [7, 11) is 0. The van der Waals surface area contributed by atoms with Gasteiger partial charge in [-0.15, -0.1) is 10.2 Å². The van der Waals surface area contributed by atoms with Gasteiger partial charge in [0.15, 0.2) is 0 Å². The van der Waals surface area contributed by atoms with Crippen LogP contribution in [0, 0.1) is 6.92 Å². The third kappa shape index (κ3) is 3.94. The van der Waals surface area contributed by atoms with Gasteiger partial charge in [-0.25, -0.2) is 0 Å². The highest BCUT2D eigenvalue weighted by molar-refractivity contribution is 5.93. The second kappa shape index (κ2) is 6.89. The molecule has 25 heavy (non-hydrogen) atoms. The molecule has 0 atom stereocenters. The van der Waals surface area contributed by atoms with E-state index in [1.807, 2.05) is 43.3 Å². The number of carbonyl (C=O) groups excluding carboxylic acids is 1. The quantitative estimate of drug-likeness (QED) is 0.752. The van der Waals surface area contributed by atoms with Crippen molar-refractivity contribution in [1.29, 1.82) is 0 Å². The van der Waals surface area contributed by atoms with Crippen LogP contribution in [0.1, 0.15) is 31.4 Å². The number of hydrogen-bond acceptors (Lipinski definition) is 4. The number of nitrogens with zero attached hydrogens (tertiary/aromatic N) is 2. The Bertz CT molecular complexity index is 856. The molecule has 0 bridgehead atoms. The molecule has 1 amide bonds. The molecule has 0 saturated heterocycles. The summed E-state index contributed by atoms with van der Waals surface area (Å²) in [5.41, 5.74) is 3.41. The summed E-state index contributed by atoms with van der Waals surface area (Å²) in [4.78, 5) is 12.6. The summed E-state index contributed by atoms with van der Waals surface area (Å²) in [6.07, 6.45) is 1.68. The highest BCUT2D eigenvalue weighted by Crippen LogP contribution is 2.28.